The molecule has 7 nitrogen and oxygen atoms in total. The van der Waals surface area contributed by atoms with Crippen molar-refractivity contribution in [2.45, 2.75) is 17.1 Å². The maximum atomic E-state index is 12.6. The zero-order valence-corrected chi connectivity index (χ0v) is 14.9. The van der Waals surface area contributed by atoms with E-state index >= 15 is 0 Å². The lowest BCUT2D eigenvalue weighted by atomic mass is 10.1. The van der Waals surface area contributed by atoms with Crippen LogP contribution in [0.15, 0.2) is 53.4 Å². The summed E-state index contributed by atoms with van der Waals surface area (Å²) in [5.74, 6) is 0. The van der Waals surface area contributed by atoms with Crippen LogP contribution in [0.3, 0.4) is 0 Å². The van der Waals surface area contributed by atoms with Crippen LogP contribution in [0.5, 0.6) is 0 Å². The second-order valence-electron chi connectivity index (χ2n) is 5.76. The van der Waals surface area contributed by atoms with E-state index < -0.39 is 32.7 Å². The molecule has 0 fully saturated rings. The smallest absolute Gasteiger partial charge is 0.323 e. The Morgan fingerprint density at radius 2 is 1.63 bits per heavy atom. The summed E-state index contributed by atoms with van der Waals surface area (Å²) in [5, 5.41) is 10.6. The highest BCUT2D eigenvalue weighted by Crippen LogP contribution is 2.30. The fourth-order valence-corrected chi connectivity index (χ4v) is 3.52. The highest BCUT2D eigenvalue weighted by atomic mass is 32.2. The number of likely N-dealkylation sites (N-methyl/N-ethyl adjacent to an activating group) is 1. The first kappa shape index (κ1) is 20.8. The molecule has 2 rings (SSSR count). The number of alkyl halides is 3. The molecule has 1 unspecified atom stereocenters. The van der Waals surface area contributed by atoms with Crippen LogP contribution >= 0.6 is 0 Å². The number of nitrogens with zero attached hydrogens (tertiary/aromatic N) is 2. The van der Waals surface area contributed by atoms with Crippen LogP contribution in [0.2, 0.25) is 0 Å². The van der Waals surface area contributed by atoms with Crippen molar-refractivity contribution in [1.82, 2.24) is 4.31 Å². The summed E-state index contributed by atoms with van der Waals surface area (Å²) in [6.07, 6.45) is -4.47. The van der Waals surface area contributed by atoms with Gasteiger partial charge in [-0.25, -0.2) is 8.42 Å². The maximum Gasteiger partial charge on any atom is 0.416 e. The second kappa shape index (κ2) is 7.62. The summed E-state index contributed by atoms with van der Waals surface area (Å²) in [6.45, 7) is -0.190. The van der Waals surface area contributed by atoms with Gasteiger partial charge < -0.3 is 5.73 Å². The third kappa shape index (κ3) is 4.81. The largest absolute Gasteiger partial charge is 0.416 e. The number of sulfonamides is 1. The van der Waals surface area contributed by atoms with Crippen LogP contribution in [0, 0.1) is 10.1 Å². The summed E-state index contributed by atoms with van der Waals surface area (Å²) in [6, 6.07) is 7.62. The number of hydrogen-bond donors (Lipinski definition) is 1. The molecule has 2 N–H and O–H groups in total. The third-order valence-electron chi connectivity index (χ3n) is 3.88. The molecule has 0 aromatic heterocycles. The molecule has 0 radical (unpaired) electrons. The summed E-state index contributed by atoms with van der Waals surface area (Å²) in [4.78, 5) is 9.83. The predicted molar refractivity (Wildman–Crippen MR) is 91.3 cm³/mol. The molecule has 0 amide bonds. The van der Waals surface area contributed by atoms with Gasteiger partial charge in [0.05, 0.1) is 15.4 Å². The zero-order chi connectivity index (χ0) is 20.4. The van der Waals surface area contributed by atoms with Crippen molar-refractivity contribution in [3.05, 3.63) is 69.8 Å². The van der Waals surface area contributed by atoms with E-state index in [4.69, 9.17) is 5.73 Å². The lowest BCUT2D eigenvalue weighted by Crippen LogP contribution is -2.34. The minimum absolute atomic E-state index is 0.157. The molecule has 11 heteroatoms. The van der Waals surface area contributed by atoms with Crippen LogP contribution in [0.1, 0.15) is 17.2 Å². The molecule has 0 saturated carbocycles. The van der Waals surface area contributed by atoms with Crippen molar-refractivity contribution in [1.29, 1.82) is 0 Å². The Labute approximate surface area is 153 Å². The molecule has 2 aromatic rings. The first-order valence-electron chi connectivity index (χ1n) is 7.56. The molecular formula is C16H16F3N3O4S. The van der Waals surface area contributed by atoms with E-state index in [0.29, 0.717) is 5.56 Å². The topological polar surface area (TPSA) is 107 Å². The van der Waals surface area contributed by atoms with Crippen LogP contribution in [0.25, 0.3) is 0 Å². The Morgan fingerprint density at radius 3 is 2.07 bits per heavy atom. The van der Waals surface area contributed by atoms with Gasteiger partial charge >= 0.3 is 6.18 Å². The third-order valence-corrected chi connectivity index (χ3v) is 5.71. The van der Waals surface area contributed by atoms with E-state index in [0.717, 1.165) is 40.7 Å². The number of hydrogen-bond acceptors (Lipinski definition) is 5. The van der Waals surface area contributed by atoms with Crippen molar-refractivity contribution in [2.75, 3.05) is 13.6 Å². The van der Waals surface area contributed by atoms with Crippen molar-refractivity contribution in [3.63, 3.8) is 0 Å². The van der Waals surface area contributed by atoms with Gasteiger partial charge in [0.1, 0.15) is 0 Å². The van der Waals surface area contributed by atoms with E-state index in [9.17, 15) is 31.7 Å². The normalized spacial score (nSPS) is 13.6. The van der Waals surface area contributed by atoms with Gasteiger partial charge in [-0.05, 0) is 29.8 Å². The molecule has 1 atom stereocenters. The number of nitro benzene ring substituents is 1. The van der Waals surface area contributed by atoms with Crippen LogP contribution in [0.4, 0.5) is 18.9 Å². The Morgan fingerprint density at radius 1 is 1.11 bits per heavy atom. The molecule has 0 bridgehead atoms. The summed E-state index contributed by atoms with van der Waals surface area (Å²) in [7, 11) is -2.70. The van der Waals surface area contributed by atoms with Crippen molar-refractivity contribution in [3.8, 4) is 0 Å². The Kier molecular flexibility index (Phi) is 5.88. The predicted octanol–water partition coefficient (Wildman–Crippen LogP) is 2.93. The van der Waals surface area contributed by atoms with Crippen molar-refractivity contribution < 1.29 is 26.5 Å². The minimum atomic E-state index is -4.47. The van der Waals surface area contributed by atoms with Gasteiger partial charge in [-0.2, -0.15) is 17.5 Å². The van der Waals surface area contributed by atoms with E-state index in [2.05, 4.69) is 0 Å². The Balaban J connectivity index is 2.14. The molecule has 0 aliphatic carbocycles. The lowest BCUT2D eigenvalue weighted by Gasteiger charge is -2.22. The summed E-state index contributed by atoms with van der Waals surface area (Å²) < 4.78 is 63.8. The van der Waals surface area contributed by atoms with E-state index in [1.54, 1.807) is 0 Å². The van der Waals surface area contributed by atoms with Crippen molar-refractivity contribution >= 4 is 15.7 Å². The van der Waals surface area contributed by atoms with Crippen molar-refractivity contribution in [2.24, 2.45) is 5.73 Å². The number of nitro groups is 1. The molecule has 146 valence electrons. The van der Waals surface area contributed by atoms with Crippen LogP contribution in [-0.4, -0.2) is 31.2 Å². The number of non-ortho nitro benzene ring substituents is 1. The highest BCUT2D eigenvalue weighted by molar-refractivity contribution is 7.89. The molecule has 2 aromatic carbocycles. The van der Waals surface area contributed by atoms with Crippen LogP contribution in [-0.2, 0) is 16.2 Å². The number of halogens is 3. The van der Waals surface area contributed by atoms with E-state index in [-0.39, 0.29) is 17.1 Å². The number of benzene rings is 2. The van der Waals surface area contributed by atoms with Gasteiger partial charge in [0.2, 0.25) is 10.0 Å². The SMILES string of the molecule is CN(CC(N)c1ccc(C(F)(F)F)cc1)S(=O)(=O)c1ccc([N+](=O)[O-])cc1. The highest BCUT2D eigenvalue weighted by Gasteiger charge is 2.30. The molecule has 0 aliphatic heterocycles. The van der Waals surface area contributed by atoms with Gasteiger partial charge in [0, 0.05) is 31.8 Å². The average molecular weight is 403 g/mol. The van der Waals surface area contributed by atoms with Gasteiger partial charge in [-0.3, -0.25) is 10.1 Å². The van der Waals surface area contributed by atoms with E-state index in [1.165, 1.54) is 19.2 Å². The first-order valence-corrected chi connectivity index (χ1v) is 9.00. The Bertz CT molecular complexity index is 913. The summed E-state index contributed by atoms with van der Waals surface area (Å²) >= 11 is 0. The number of nitrogens with two attached hydrogens (primary N) is 1. The molecule has 0 heterocycles. The molecule has 0 aliphatic rings. The van der Waals surface area contributed by atoms with Gasteiger partial charge in [0.15, 0.2) is 0 Å². The average Bonchev–Trinajstić information content (AvgIpc) is 2.61. The Hall–Kier alpha value is -2.50. The fraction of sp³-hybridized carbons (Fsp3) is 0.250. The van der Waals surface area contributed by atoms with Gasteiger partial charge in [0.25, 0.3) is 5.69 Å². The van der Waals surface area contributed by atoms with Gasteiger partial charge in [-0.1, -0.05) is 12.1 Å². The fourth-order valence-electron chi connectivity index (χ4n) is 2.32. The zero-order valence-electron chi connectivity index (χ0n) is 14.1. The monoisotopic (exact) mass is 403 g/mol. The van der Waals surface area contributed by atoms with E-state index in [1.807, 2.05) is 0 Å². The molecule has 0 saturated heterocycles. The maximum absolute atomic E-state index is 12.6. The quantitative estimate of drug-likeness (QED) is 0.590. The molecule has 27 heavy (non-hydrogen) atoms. The summed E-state index contributed by atoms with van der Waals surface area (Å²) in [5.41, 5.74) is 5.18. The van der Waals surface area contributed by atoms with Gasteiger partial charge in [-0.15, -0.1) is 0 Å². The minimum Gasteiger partial charge on any atom is -0.323 e. The first-order chi connectivity index (χ1) is 12.4. The second-order valence-corrected chi connectivity index (χ2v) is 7.81. The number of rotatable bonds is 6. The van der Waals surface area contributed by atoms with Crippen LogP contribution < -0.4 is 5.73 Å². The lowest BCUT2D eigenvalue weighted by molar-refractivity contribution is -0.384. The molecule has 0 spiro atoms. The molecular weight excluding hydrogens is 387 g/mol. The standard InChI is InChI=1S/C16H16F3N3O4S/c1-21(27(25,26)14-8-6-13(7-9-14)22(23)24)10-15(20)11-2-4-12(5-3-11)16(17,18)19/h2-9,15H,10,20H2,1H3.